The Morgan fingerprint density at radius 2 is 1.88 bits per heavy atom. The fraction of sp³-hybridized carbons (Fsp3) is 0.278. The van der Waals surface area contributed by atoms with Gasteiger partial charge in [0, 0.05) is 19.4 Å². The minimum absolute atomic E-state index is 0. The molecular weight excluding hydrogens is 333 g/mol. The lowest BCUT2D eigenvalue weighted by molar-refractivity contribution is -0.131. The minimum atomic E-state index is -0.345. The molecule has 0 aliphatic carbocycles. The average molecular weight is 354 g/mol. The highest BCUT2D eigenvalue weighted by molar-refractivity contribution is 5.85. The van der Waals surface area contributed by atoms with Gasteiger partial charge in [0.25, 0.3) is 0 Å². The Hall–Kier alpha value is -2.11. The zero-order valence-corrected chi connectivity index (χ0v) is 14.4. The molecule has 2 rings (SSSR count). The molecule has 2 aromatic rings. The molecule has 2 aromatic carbocycles. The smallest absolute Gasteiger partial charge is 0.308 e. The lowest BCUT2D eigenvalue weighted by Crippen LogP contribution is -2.19. The quantitative estimate of drug-likeness (QED) is 0.605. The van der Waals surface area contributed by atoms with Crippen molar-refractivity contribution in [3.05, 3.63) is 59.9 Å². The molecule has 0 saturated carbocycles. The number of benzene rings is 2. The highest BCUT2D eigenvalue weighted by atomic mass is 35.5. The highest BCUT2D eigenvalue weighted by Crippen LogP contribution is 2.22. The van der Waals surface area contributed by atoms with Gasteiger partial charge in [-0.05, 0) is 49.0 Å². The fourth-order valence-corrected chi connectivity index (χ4v) is 2.26. The maximum atomic E-state index is 12.8. The molecule has 24 heavy (non-hydrogen) atoms. The molecule has 0 aliphatic heterocycles. The van der Waals surface area contributed by atoms with E-state index in [-0.39, 0.29) is 30.2 Å². The van der Waals surface area contributed by atoms with Crippen LogP contribution in [-0.2, 0) is 4.79 Å². The monoisotopic (exact) mass is 353 g/mol. The fourth-order valence-electron chi connectivity index (χ4n) is 2.26. The Kier molecular flexibility index (Phi) is 8.22. The number of rotatable bonds is 7. The predicted octanol–water partition coefficient (Wildman–Crippen LogP) is 3.90. The summed E-state index contributed by atoms with van der Waals surface area (Å²) in [4.78, 5) is 11.0. The molecule has 0 aliphatic rings. The number of halogens is 2. The average Bonchev–Trinajstić information content (AvgIpc) is 2.53. The first kappa shape index (κ1) is 19.9. The van der Waals surface area contributed by atoms with E-state index in [2.05, 4.69) is 5.32 Å². The van der Waals surface area contributed by atoms with Gasteiger partial charge in [-0.25, -0.2) is 4.39 Å². The van der Waals surface area contributed by atoms with Crippen molar-refractivity contribution < 1.29 is 18.7 Å². The first-order valence-electron chi connectivity index (χ1n) is 7.42. The van der Waals surface area contributed by atoms with Gasteiger partial charge in [0.2, 0.25) is 0 Å². The maximum Gasteiger partial charge on any atom is 0.308 e. The Morgan fingerprint density at radius 3 is 2.50 bits per heavy atom. The van der Waals surface area contributed by atoms with Crippen molar-refractivity contribution in [2.24, 2.45) is 0 Å². The van der Waals surface area contributed by atoms with Gasteiger partial charge in [-0.3, -0.25) is 4.79 Å². The van der Waals surface area contributed by atoms with Crippen LogP contribution in [0.1, 0.15) is 24.9 Å². The van der Waals surface area contributed by atoms with E-state index in [1.807, 2.05) is 25.2 Å². The molecule has 4 nitrogen and oxygen atoms in total. The first-order chi connectivity index (χ1) is 11.1. The molecule has 1 atom stereocenters. The molecule has 130 valence electrons. The van der Waals surface area contributed by atoms with E-state index in [1.54, 1.807) is 18.2 Å². The van der Waals surface area contributed by atoms with E-state index in [4.69, 9.17) is 9.47 Å². The van der Waals surface area contributed by atoms with Crippen molar-refractivity contribution in [1.82, 2.24) is 5.32 Å². The zero-order chi connectivity index (χ0) is 16.7. The normalized spacial score (nSPS) is 11.3. The molecular formula is C18H21ClFNO3. The van der Waals surface area contributed by atoms with Gasteiger partial charge in [0.1, 0.15) is 17.3 Å². The molecule has 0 heterocycles. The SMILES string of the molecule is CNC(CCOc1ccc(F)cc1)c1cccc(OC(C)=O)c1.Cl. The summed E-state index contributed by atoms with van der Waals surface area (Å²) >= 11 is 0. The van der Waals surface area contributed by atoms with E-state index in [9.17, 15) is 9.18 Å². The minimum Gasteiger partial charge on any atom is -0.494 e. The summed E-state index contributed by atoms with van der Waals surface area (Å²) < 4.78 is 23.6. The number of hydrogen-bond donors (Lipinski definition) is 1. The Labute approximate surface area is 147 Å². The summed E-state index contributed by atoms with van der Waals surface area (Å²) in [6, 6.07) is 13.4. The van der Waals surface area contributed by atoms with E-state index < -0.39 is 0 Å². The third-order valence-electron chi connectivity index (χ3n) is 3.36. The molecule has 6 heteroatoms. The van der Waals surface area contributed by atoms with Crippen molar-refractivity contribution in [2.45, 2.75) is 19.4 Å². The number of nitrogens with one attached hydrogen (secondary N) is 1. The number of carbonyl (C=O) groups is 1. The molecule has 0 radical (unpaired) electrons. The van der Waals surface area contributed by atoms with Crippen LogP contribution < -0.4 is 14.8 Å². The topological polar surface area (TPSA) is 47.6 Å². The van der Waals surface area contributed by atoms with Crippen LogP contribution in [0.3, 0.4) is 0 Å². The van der Waals surface area contributed by atoms with Gasteiger partial charge in [-0.2, -0.15) is 0 Å². The molecule has 0 saturated heterocycles. The number of carbonyl (C=O) groups excluding carboxylic acids is 1. The largest absolute Gasteiger partial charge is 0.494 e. The lowest BCUT2D eigenvalue weighted by Gasteiger charge is -2.17. The van der Waals surface area contributed by atoms with Crippen LogP contribution in [0.5, 0.6) is 11.5 Å². The van der Waals surface area contributed by atoms with Crippen LogP contribution in [0.25, 0.3) is 0 Å². The number of ether oxygens (including phenoxy) is 2. The maximum absolute atomic E-state index is 12.8. The Morgan fingerprint density at radius 1 is 1.17 bits per heavy atom. The van der Waals surface area contributed by atoms with Crippen LogP contribution >= 0.6 is 12.4 Å². The van der Waals surface area contributed by atoms with E-state index in [0.29, 0.717) is 18.1 Å². The molecule has 0 bridgehead atoms. The van der Waals surface area contributed by atoms with Gasteiger partial charge in [-0.15, -0.1) is 12.4 Å². The van der Waals surface area contributed by atoms with E-state index >= 15 is 0 Å². The summed E-state index contributed by atoms with van der Waals surface area (Å²) in [6.07, 6.45) is 0.720. The van der Waals surface area contributed by atoms with Crippen molar-refractivity contribution in [2.75, 3.05) is 13.7 Å². The van der Waals surface area contributed by atoms with Crippen LogP contribution in [0, 0.1) is 5.82 Å². The number of esters is 1. The third-order valence-corrected chi connectivity index (χ3v) is 3.36. The predicted molar refractivity (Wildman–Crippen MR) is 93.3 cm³/mol. The second-order valence-electron chi connectivity index (χ2n) is 5.10. The van der Waals surface area contributed by atoms with Crippen LogP contribution in [0.4, 0.5) is 4.39 Å². The van der Waals surface area contributed by atoms with Crippen molar-refractivity contribution in [1.29, 1.82) is 0 Å². The molecule has 0 spiro atoms. The van der Waals surface area contributed by atoms with Crippen molar-refractivity contribution in [3.63, 3.8) is 0 Å². The molecule has 0 aromatic heterocycles. The van der Waals surface area contributed by atoms with Gasteiger partial charge in [0.05, 0.1) is 6.61 Å². The molecule has 1 unspecified atom stereocenters. The highest BCUT2D eigenvalue weighted by Gasteiger charge is 2.11. The van der Waals surface area contributed by atoms with Crippen molar-refractivity contribution in [3.8, 4) is 11.5 Å². The first-order valence-corrected chi connectivity index (χ1v) is 7.42. The van der Waals surface area contributed by atoms with E-state index in [0.717, 1.165) is 12.0 Å². The van der Waals surface area contributed by atoms with Crippen LogP contribution in [0.15, 0.2) is 48.5 Å². The van der Waals surface area contributed by atoms with Crippen LogP contribution in [-0.4, -0.2) is 19.6 Å². The summed E-state index contributed by atoms with van der Waals surface area (Å²) in [5, 5.41) is 3.21. The summed E-state index contributed by atoms with van der Waals surface area (Å²) in [5.41, 5.74) is 1.01. The van der Waals surface area contributed by atoms with Crippen molar-refractivity contribution >= 4 is 18.4 Å². The Balaban J connectivity index is 0.00000288. The summed E-state index contributed by atoms with van der Waals surface area (Å²) in [5.74, 6) is 0.528. The van der Waals surface area contributed by atoms with Gasteiger partial charge >= 0.3 is 5.97 Å². The second kappa shape index (κ2) is 9.90. The summed E-state index contributed by atoms with van der Waals surface area (Å²) in [6.45, 7) is 1.85. The standard InChI is InChI=1S/C18H20FNO3.ClH/c1-13(21)23-17-5-3-4-14(12-17)18(20-2)10-11-22-16-8-6-15(19)7-9-16;/h3-9,12,18,20H,10-11H2,1-2H3;1H. The molecule has 0 fully saturated rings. The van der Waals surface area contributed by atoms with E-state index in [1.165, 1.54) is 19.1 Å². The number of hydrogen-bond acceptors (Lipinski definition) is 4. The van der Waals surface area contributed by atoms with Gasteiger partial charge in [0.15, 0.2) is 0 Å². The van der Waals surface area contributed by atoms with Gasteiger partial charge < -0.3 is 14.8 Å². The molecule has 0 amide bonds. The second-order valence-corrected chi connectivity index (χ2v) is 5.10. The Bertz CT molecular complexity index is 649. The third kappa shape index (κ3) is 6.18. The zero-order valence-electron chi connectivity index (χ0n) is 13.6. The lowest BCUT2D eigenvalue weighted by atomic mass is 10.0. The molecule has 1 N–H and O–H groups in total. The summed E-state index contributed by atoms with van der Waals surface area (Å²) in [7, 11) is 1.86. The van der Waals surface area contributed by atoms with Crippen LogP contribution in [0.2, 0.25) is 0 Å². The van der Waals surface area contributed by atoms with Gasteiger partial charge in [-0.1, -0.05) is 12.1 Å².